The summed E-state index contributed by atoms with van der Waals surface area (Å²) in [6.07, 6.45) is 0. The van der Waals surface area contributed by atoms with E-state index in [2.05, 4.69) is 0 Å². The van der Waals surface area contributed by atoms with E-state index in [1.807, 2.05) is 26.0 Å². The van der Waals surface area contributed by atoms with Gasteiger partial charge in [-0.3, -0.25) is 4.79 Å². The molecular weight excluding hydrogens is 202 g/mol. The van der Waals surface area contributed by atoms with Crippen LogP contribution in [0.3, 0.4) is 0 Å². The fraction of sp³-hybridized carbons (Fsp3) is 0.462. The normalized spacial score (nSPS) is 11.4. The highest BCUT2D eigenvalue weighted by molar-refractivity contribution is 6.03. The first-order chi connectivity index (χ1) is 7.27. The van der Waals surface area contributed by atoms with Gasteiger partial charge in [0.15, 0.2) is 5.78 Å². The number of nitrogens with two attached hydrogens (primary N) is 1. The van der Waals surface area contributed by atoms with Crippen molar-refractivity contribution in [1.29, 1.82) is 0 Å². The number of ether oxygens (including phenoxy) is 1. The van der Waals surface area contributed by atoms with Gasteiger partial charge in [0.25, 0.3) is 0 Å². The van der Waals surface area contributed by atoms with Crippen LogP contribution >= 0.6 is 0 Å². The molecule has 1 aromatic rings. The van der Waals surface area contributed by atoms with Gasteiger partial charge in [-0.1, -0.05) is 0 Å². The van der Waals surface area contributed by atoms with Crippen LogP contribution in [0.5, 0.6) is 5.75 Å². The number of benzene rings is 1. The van der Waals surface area contributed by atoms with Gasteiger partial charge in [-0.2, -0.15) is 0 Å². The zero-order valence-corrected chi connectivity index (χ0v) is 10.5. The maximum atomic E-state index is 12.1. The smallest absolute Gasteiger partial charge is 0.182 e. The van der Waals surface area contributed by atoms with Crippen LogP contribution in [0.4, 0.5) is 0 Å². The Kier molecular flexibility index (Phi) is 3.38. The lowest BCUT2D eigenvalue weighted by atomic mass is 9.90. The van der Waals surface area contributed by atoms with Gasteiger partial charge in [0.2, 0.25) is 0 Å². The van der Waals surface area contributed by atoms with Gasteiger partial charge in [-0.05, 0) is 51.0 Å². The van der Waals surface area contributed by atoms with Gasteiger partial charge < -0.3 is 10.5 Å². The highest BCUT2D eigenvalue weighted by Crippen LogP contribution is 2.24. The molecule has 0 spiro atoms. The van der Waals surface area contributed by atoms with E-state index in [0.29, 0.717) is 5.56 Å². The Morgan fingerprint density at radius 1 is 1.25 bits per heavy atom. The molecule has 2 N–H and O–H groups in total. The van der Waals surface area contributed by atoms with Crippen molar-refractivity contribution in [3.8, 4) is 5.75 Å². The second-order valence-electron chi connectivity index (χ2n) is 4.69. The summed E-state index contributed by atoms with van der Waals surface area (Å²) >= 11 is 0. The molecule has 0 amide bonds. The number of ketones is 1. The van der Waals surface area contributed by atoms with E-state index in [9.17, 15) is 4.79 Å². The van der Waals surface area contributed by atoms with Gasteiger partial charge in [0, 0.05) is 5.56 Å². The van der Waals surface area contributed by atoms with Crippen molar-refractivity contribution < 1.29 is 9.53 Å². The Balaban J connectivity index is 3.27. The molecule has 88 valence electrons. The largest absolute Gasteiger partial charge is 0.496 e. The summed E-state index contributed by atoms with van der Waals surface area (Å²) in [6.45, 7) is 7.24. The maximum absolute atomic E-state index is 12.1. The molecule has 1 aromatic carbocycles. The van der Waals surface area contributed by atoms with E-state index in [1.54, 1.807) is 21.0 Å². The molecule has 0 heterocycles. The Bertz CT molecular complexity index is 417. The molecule has 0 aliphatic rings. The fourth-order valence-corrected chi connectivity index (χ4v) is 1.60. The molecule has 0 aliphatic carbocycles. The Morgan fingerprint density at radius 3 is 2.25 bits per heavy atom. The second kappa shape index (κ2) is 4.26. The SMILES string of the molecule is COc1cc(C)c(C(=O)C(C)(C)N)cc1C. The van der Waals surface area contributed by atoms with E-state index in [4.69, 9.17) is 10.5 Å². The zero-order chi connectivity index (χ0) is 12.5. The van der Waals surface area contributed by atoms with Crippen molar-refractivity contribution in [1.82, 2.24) is 0 Å². The van der Waals surface area contributed by atoms with Crippen molar-refractivity contribution >= 4 is 5.78 Å². The van der Waals surface area contributed by atoms with Crippen LogP contribution in [0.1, 0.15) is 35.3 Å². The monoisotopic (exact) mass is 221 g/mol. The predicted molar refractivity (Wildman–Crippen MR) is 65.1 cm³/mol. The third-order valence-electron chi connectivity index (χ3n) is 2.57. The van der Waals surface area contributed by atoms with Crippen molar-refractivity contribution in [3.63, 3.8) is 0 Å². The van der Waals surface area contributed by atoms with Gasteiger partial charge in [-0.25, -0.2) is 0 Å². The van der Waals surface area contributed by atoms with E-state index >= 15 is 0 Å². The molecule has 0 unspecified atom stereocenters. The molecule has 0 saturated carbocycles. The van der Waals surface area contributed by atoms with Crippen LogP contribution in [0.2, 0.25) is 0 Å². The van der Waals surface area contributed by atoms with Gasteiger partial charge in [-0.15, -0.1) is 0 Å². The molecule has 0 aliphatic heterocycles. The van der Waals surface area contributed by atoms with Crippen molar-refractivity contribution in [2.24, 2.45) is 5.73 Å². The molecule has 0 bridgehead atoms. The Morgan fingerprint density at radius 2 is 1.81 bits per heavy atom. The van der Waals surface area contributed by atoms with Crippen molar-refractivity contribution in [2.75, 3.05) is 7.11 Å². The van der Waals surface area contributed by atoms with Crippen LogP contribution in [-0.2, 0) is 0 Å². The van der Waals surface area contributed by atoms with E-state index in [-0.39, 0.29) is 5.78 Å². The standard InChI is InChI=1S/C13H19NO2/c1-8-7-11(16-5)9(2)6-10(8)12(15)13(3,4)14/h6-7H,14H2,1-5H3. The quantitative estimate of drug-likeness (QED) is 0.796. The molecule has 0 radical (unpaired) electrons. The third-order valence-corrected chi connectivity index (χ3v) is 2.57. The Hall–Kier alpha value is -1.35. The lowest BCUT2D eigenvalue weighted by Crippen LogP contribution is -2.41. The summed E-state index contributed by atoms with van der Waals surface area (Å²) in [7, 11) is 1.62. The molecule has 3 nitrogen and oxygen atoms in total. The molecule has 0 saturated heterocycles. The number of rotatable bonds is 3. The number of methoxy groups -OCH3 is 1. The van der Waals surface area contributed by atoms with Gasteiger partial charge >= 0.3 is 0 Å². The summed E-state index contributed by atoms with van der Waals surface area (Å²) in [6, 6.07) is 3.71. The summed E-state index contributed by atoms with van der Waals surface area (Å²) < 4.78 is 5.20. The summed E-state index contributed by atoms with van der Waals surface area (Å²) in [5.41, 5.74) is 7.49. The van der Waals surface area contributed by atoms with Crippen LogP contribution in [-0.4, -0.2) is 18.4 Å². The average Bonchev–Trinajstić information content (AvgIpc) is 2.18. The zero-order valence-electron chi connectivity index (χ0n) is 10.5. The lowest BCUT2D eigenvalue weighted by molar-refractivity contribution is 0.0913. The lowest BCUT2D eigenvalue weighted by Gasteiger charge is -2.19. The first-order valence-electron chi connectivity index (χ1n) is 5.26. The van der Waals surface area contributed by atoms with Crippen molar-refractivity contribution in [2.45, 2.75) is 33.2 Å². The minimum absolute atomic E-state index is 0.0456. The number of Topliss-reactive ketones (excluding diaryl/α,β-unsaturated/α-hetero) is 1. The second-order valence-corrected chi connectivity index (χ2v) is 4.69. The summed E-state index contributed by atoms with van der Waals surface area (Å²) in [5, 5.41) is 0. The molecule has 3 heteroatoms. The van der Waals surface area contributed by atoms with Crippen molar-refractivity contribution in [3.05, 3.63) is 28.8 Å². The van der Waals surface area contributed by atoms with Crippen LogP contribution in [0, 0.1) is 13.8 Å². The molecule has 16 heavy (non-hydrogen) atoms. The maximum Gasteiger partial charge on any atom is 0.182 e. The van der Waals surface area contributed by atoms with Crippen LogP contribution in [0.15, 0.2) is 12.1 Å². The van der Waals surface area contributed by atoms with Gasteiger partial charge in [0.1, 0.15) is 5.75 Å². The third kappa shape index (κ3) is 2.42. The first-order valence-corrected chi connectivity index (χ1v) is 5.26. The first kappa shape index (κ1) is 12.7. The molecule has 0 atom stereocenters. The number of carbonyl (C=O) groups is 1. The molecular formula is C13H19NO2. The van der Waals surface area contributed by atoms with Crippen LogP contribution in [0.25, 0.3) is 0 Å². The molecule has 0 aromatic heterocycles. The number of hydrogen-bond donors (Lipinski definition) is 1. The number of aryl methyl sites for hydroxylation is 2. The van der Waals surface area contributed by atoms with E-state index in [1.165, 1.54) is 0 Å². The average molecular weight is 221 g/mol. The molecule has 0 fully saturated rings. The van der Waals surface area contributed by atoms with E-state index in [0.717, 1.165) is 16.9 Å². The minimum atomic E-state index is -0.841. The number of hydrogen-bond acceptors (Lipinski definition) is 3. The predicted octanol–water partition coefficient (Wildman–Crippen LogP) is 2.23. The highest BCUT2D eigenvalue weighted by Gasteiger charge is 2.25. The van der Waals surface area contributed by atoms with Crippen LogP contribution < -0.4 is 10.5 Å². The fourth-order valence-electron chi connectivity index (χ4n) is 1.60. The highest BCUT2D eigenvalue weighted by atomic mass is 16.5. The van der Waals surface area contributed by atoms with E-state index < -0.39 is 5.54 Å². The number of carbonyl (C=O) groups excluding carboxylic acids is 1. The van der Waals surface area contributed by atoms with Gasteiger partial charge in [0.05, 0.1) is 12.6 Å². The topological polar surface area (TPSA) is 52.3 Å². The minimum Gasteiger partial charge on any atom is -0.496 e. The summed E-state index contributed by atoms with van der Waals surface area (Å²) in [5.74, 6) is 0.750. The summed E-state index contributed by atoms with van der Waals surface area (Å²) in [4.78, 5) is 12.1. The Labute approximate surface area is 96.6 Å². The molecule has 1 rings (SSSR count).